The summed E-state index contributed by atoms with van der Waals surface area (Å²) in [6, 6.07) is 6.49. The number of carbonyl (C=O) groups excluding carboxylic acids is 2. The molecule has 1 aliphatic heterocycles. The zero-order valence-electron chi connectivity index (χ0n) is 14.0. The lowest BCUT2D eigenvalue weighted by Crippen LogP contribution is -2.49. The molecule has 8 nitrogen and oxygen atoms in total. The molecular formula is C17H20N4O4. The third-order valence-electron chi connectivity index (χ3n) is 4.47. The van der Waals surface area contributed by atoms with Crippen molar-refractivity contribution < 1.29 is 14.5 Å². The number of fused-ring (bicyclic) bond motifs is 1. The summed E-state index contributed by atoms with van der Waals surface area (Å²) in [6.45, 7) is 2.75. The second-order valence-corrected chi connectivity index (χ2v) is 6.29. The largest absolute Gasteiger partial charge is 0.352 e. The van der Waals surface area contributed by atoms with Gasteiger partial charge in [0.15, 0.2) is 0 Å². The molecule has 1 aromatic heterocycles. The Morgan fingerprint density at radius 1 is 1.36 bits per heavy atom. The van der Waals surface area contributed by atoms with Gasteiger partial charge in [-0.2, -0.15) is 0 Å². The van der Waals surface area contributed by atoms with Gasteiger partial charge < -0.3 is 14.8 Å². The van der Waals surface area contributed by atoms with Gasteiger partial charge in [0, 0.05) is 38.3 Å². The van der Waals surface area contributed by atoms with Crippen LogP contribution < -0.4 is 5.32 Å². The Bertz CT molecular complexity index is 829. The van der Waals surface area contributed by atoms with Crippen molar-refractivity contribution in [1.29, 1.82) is 0 Å². The smallest absolute Gasteiger partial charge is 0.278 e. The van der Waals surface area contributed by atoms with Crippen molar-refractivity contribution in [3.63, 3.8) is 0 Å². The first-order valence-electron chi connectivity index (χ1n) is 8.23. The van der Waals surface area contributed by atoms with E-state index in [1.807, 2.05) is 0 Å². The Kier molecular flexibility index (Phi) is 4.69. The average molecular weight is 344 g/mol. The van der Waals surface area contributed by atoms with E-state index in [0.29, 0.717) is 24.0 Å². The van der Waals surface area contributed by atoms with Gasteiger partial charge in [-0.05, 0) is 25.0 Å². The molecule has 25 heavy (non-hydrogen) atoms. The van der Waals surface area contributed by atoms with E-state index in [0.717, 1.165) is 12.8 Å². The van der Waals surface area contributed by atoms with Crippen LogP contribution in [0.1, 0.15) is 19.8 Å². The minimum absolute atomic E-state index is 0.0160. The standard InChI is InChI=1S/C17H20N4O4/c1-12(22)18-13-4-3-8-20(10-13)17(23)11-19-9-7-14-15(19)5-2-6-16(14)21(24)25/h2,5-7,9,13H,3-4,8,10-11H2,1H3,(H,18,22)/t13-/m1/s1. The third-order valence-corrected chi connectivity index (χ3v) is 4.47. The number of likely N-dealkylation sites (tertiary alicyclic amines) is 1. The number of carbonyl (C=O) groups is 2. The number of piperidine rings is 1. The Morgan fingerprint density at radius 3 is 2.88 bits per heavy atom. The number of rotatable bonds is 4. The molecule has 1 N–H and O–H groups in total. The third kappa shape index (κ3) is 3.62. The van der Waals surface area contributed by atoms with Gasteiger partial charge in [-0.1, -0.05) is 6.07 Å². The summed E-state index contributed by atoms with van der Waals surface area (Å²) in [5.41, 5.74) is 0.699. The Labute approximate surface area is 144 Å². The number of non-ortho nitro benzene ring substituents is 1. The van der Waals surface area contributed by atoms with Crippen molar-refractivity contribution in [3.05, 3.63) is 40.6 Å². The number of hydrogen-bond donors (Lipinski definition) is 1. The summed E-state index contributed by atoms with van der Waals surface area (Å²) in [5, 5.41) is 14.5. The van der Waals surface area contributed by atoms with Crippen molar-refractivity contribution in [3.8, 4) is 0 Å². The number of nitrogens with zero attached hydrogens (tertiary/aromatic N) is 3. The molecule has 0 bridgehead atoms. The molecule has 2 aromatic rings. The molecule has 132 valence electrons. The van der Waals surface area contributed by atoms with Crippen LogP contribution >= 0.6 is 0 Å². The maximum atomic E-state index is 12.6. The monoisotopic (exact) mass is 344 g/mol. The summed E-state index contributed by atoms with van der Waals surface area (Å²) < 4.78 is 1.73. The lowest BCUT2D eigenvalue weighted by atomic mass is 10.1. The van der Waals surface area contributed by atoms with Gasteiger partial charge in [0.2, 0.25) is 11.8 Å². The molecule has 0 saturated carbocycles. The number of nitro benzene ring substituents is 1. The molecule has 1 aliphatic rings. The van der Waals surface area contributed by atoms with E-state index >= 15 is 0 Å². The number of aromatic nitrogens is 1. The molecule has 1 aromatic carbocycles. The Balaban J connectivity index is 1.75. The summed E-state index contributed by atoms with van der Waals surface area (Å²) in [7, 11) is 0. The maximum Gasteiger partial charge on any atom is 0.278 e. The second-order valence-electron chi connectivity index (χ2n) is 6.29. The quantitative estimate of drug-likeness (QED) is 0.674. The lowest BCUT2D eigenvalue weighted by molar-refractivity contribution is -0.383. The van der Waals surface area contributed by atoms with Crippen LogP contribution in [0.25, 0.3) is 10.9 Å². The summed E-state index contributed by atoms with van der Waals surface area (Å²) in [5.74, 6) is -0.151. The topological polar surface area (TPSA) is 97.5 Å². The average Bonchev–Trinajstić information content (AvgIpc) is 2.97. The SMILES string of the molecule is CC(=O)N[C@@H]1CCCN(C(=O)Cn2ccc3c([N+](=O)[O-])cccc32)C1. The molecule has 1 atom stereocenters. The van der Waals surface area contributed by atoms with Gasteiger partial charge in [0.05, 0.1) is 15.8 Å². The first kappa shape index (κ1) is 16.9. The highest BCUT2D eigenvalue weighted by molar-refractivity contribution is 5.90. The normalized spacial score (nSPS) is 17.5. The number of nitrogens with one attached hydrogen (secondary N) is 1. The minimum Gasteiger partial charge on any atom is -0.352 e. The Morgan fingerprint density at radius 2 is 2.16 bits per heavy atom. The van der Waals surface area contributed by atoms with Crippen LogP contribution in [0.15, 0.2) is 30.5 Å². The summed E-state index contributed by atoms with van der Waals surface area (Å²) >= 11 is 0. The van der Waals surface area contributed by atoms with E-state index in [4.69, 9.17) is 0 Å². The van der Waals surface area contributed by atoms with Crippen LogP contribution in [-0.4, -0.2) is 45.3 Å². The van der Waals surface area contributed by atoms with E-state index in [-0.39, 0.29) is 30.1 Å². The van der Waals surface area contributed by atoms with E-state index in [2.05, 4.69) is 5.32 Å². The molecule has 0 aliphatic carbocycles. The summed E-state index contributed by atoms with van der Waals surface area (Å²) in [4.78, 5) is 36.3. The van der Waals surface area contributed by atoms with Crippen LogP contribution in [0.4, 0.5) is 5.69 Å². The highest BCUT2D eigenvalue weighted by Gasteiger charge is 2.24. The minimum atomic E-state index is -0.419. The van der Waals surface area contributed by atoms with E-state index < -0.39 is 4.92 Å². The van der Waals surface area contributed by atoms with Crippen molar-refractivity contribution in [2.24, 2.45) is 0 Å². The van der Waals surface area contributed by atoms with Gasteiger partial charge in [-0.15, -0.1) is 0 Å². The predicted octanol–water partition coefficient (Wildman–Crippen LogP) is 1.68. The van der Waals surface area contributed by atoms with E-state index in [1.54, 1.807) is 33.9 Å². The number of nitro groups is 1. The highest BCUT2D eigenvalue weighted by atomic mass is 16.6. The molecule has 2 amide bonds. The molecule has 0 unspecified atom stereocenters. The Hall–Kier alpha value is -2.90. The fourth-order valence-electron chi connectivity index (χ4n) is 3.36. The molecular weight excluding hydrogens is 324 g/mol. The molecule has 8 heteroatoms. The van der Waals surface area contributed by atoms with E-state index in [1.165, 1.54) is 13.0 Å². The molecule has 3 rings (SSSR count). The number of benzene rings is 1. The van der Waals surface area contributed by atoms with Gasteiger partial charge >= 0.3 is 0 Å². The van der Waals surface area contributed by atoms with Crippen LogP contribution in [0.5, 0.6) is 0 Å². The zero-order valence-corrected chi connectivity index (χ0v) is 14.0. The van der Waals surface area contributed by atoms with Crippen molar-refractivity contribution in [2.45, 2.75) is 32.4 Å². The molecule has 1 saturated heterocycles. The van der Waals surface area contributed by atoms with Gasteiger partial charge in [-0.25, -0.2) is 0 Å². The first-order valence-corrected chi connectivity index (χ1v) is 8.23. The van der Waals surface area contributed by atoms with Gasteiger partial charge in [0.1, 0.15) is 6.54 Å². The van der Waals surface area contributed by atoms with Crippen LogP contribution in [0.3, 0.4) is 0 Å². The second kappa shape index (κ2) is 6.92. The molecule has 1 fully saturated rings. The van der Waals surface area contributed by atoms with Crippen molar-refractivity contribution in [2.75, 3.05) is 13.1 Å². The van der Waals surface area contributed by atoms with Crippen molar-refractivity contribution >= 4 is 28.4 Å². The van der Waals surface area contributed by atoms with Gasteiger partial charge in [-0.3, -0.25) is 19.7 Å². The lowest BCUT2D eigenvalue weighted by Gasteiger charge is -2.33. The highest BCUT2D eigenvalue weighted by Crippen LogP contribution is 2.26. The molecule has 0 radical (unpaired) electrons. The predicted molar refractivity (Wildman–Crippen MR) is 92.0 cm³/mol. The number of amides is 2. The van der Waals surface area contributed by atoms with E-state index in [9.17, 15) is 19.7 Å². The molecule has 0 spiro atoms. The first-order chi connectivity index (χ1) is 12.0. The van der Waals surface area contributed by atoms with Crippen LogP contribution in [0, 0.1) is 10.1 Å². The zero-order chi connectivity index (χ0) is 18.0. The number of hydrogen-bond acceptors (Lipinski definition) is 4. The van der Waals surface area contributed by atoms with Crippen LogP contribution in [-0.2, 0) is 16.1 Å². The maximum absolute atomic E-state index is 12.6. The fourth-order valence-corrected chi connectivity index (χ4v) is 3.36. The van der Waals surface area contributed by atoms with Gasteiger partial charge in [0.25, 0.3) is 5.69 Å². The van der Waals surface area contributed by atoms with Crippen LogP contribution in [0.2, 0.25) is 0 Å². The summed E-state index contributed by atoms with van der Waals surface area (Å²) in [6.07, 6.45) is 3.40. The van der Waals surface area contributed by atoms with Crippen molar-refractivity contribution in [1.82, 2.24) is 14.8 Å². The fraction of sp³-hybridized carbons (Fsp3) is 0.412. The molecule has 2 heterocycles.